The molecule has 1 aromatic carbocycles. The zero-order chi connectivity index (χ0) is 19.7. The Morgan fingerprint density at radius 1 is 1.24 bits per heavy atom. The molecule has 2 aliphatic heterocycles. The van der Waals surface area contributed by atoms with E-state index >= 15 is 0 Å². The Labute approximate surface area is 176 Å². The van der Waals surface area contributed by atoms with Gasteiger partial charge in [-0.2, -0.15) is 0 Å². The van der Waals surface area contributed by atoms with Crippen molar-refractivity contribution in [2.24, 2.45) is 0 Å². The van der Waals surface area contributed by atoms with E-state index in [0.29, 0.717) is 24.1 Å². The third-order valence-corrected chi connectivity index (χ3v) is 5.51. The minimum atomic E-state index is -0.339. The molecule has 2 aliphatic rings. The molecule has 4 rings (SSSR count). The lowest BCUT2D eigenvalue weighted by atomic mass is 10.2. The second-order valence-electron chi connectivity index (χ2n) is 7.82. The molecule has 0 radical (unpaired) electrons. The maximum absolute atomic E-state index is 13.7. The first-order valence-electron chi connectivity index (χ1n) is 10.00. The molecule has 0 saturated carbocycles. The predicted molar refractivity (Wildman–Crippen MR) is 111 cm³/mol. The number of carbonyl (C=O) groups is 1. The predicted octanol–water partition coefficient (Wildman–Crippen LogP) is 2.07. The highest BCUT2D eigenvalue weighted by molar-refractivity contribution is 5.90. The van der Waals surface area contributed by atoms with Gasteiger partial charge in [-0.25, -0.2) is 14.1 Å². The molecule has 158 valence electrons. The van der Waals surface area contributed by atoms with Crippen LogP contribution in [0.4, 0.5) is 4.39 Å². The number of carbonyl (C=O) groups excluding carboxylic acids is 1. The Balaban J connectivity index is 0.00000240. The SMILES string of the molecule is CC(C)c1nc(C(=O)N2CCC(N3CCNCC3)C2)nn1-c1cccc(F)c1.Cl. The lowest BCUT2D eigenvalue weighted by Gasteiger charge is -2.32. The smallest absolute Gasteiger partial charge is 0.293 e. The van der Waals surface area contributed by atoms with Gasteiger partial charge in [0.05, 0.1) is 5.69 Å². The summed E-state index contributed by atoms with van der Waals surface area (Å²) in [5, 5.41) is 7.81. The quantitative estimate of drug-likeness (QED) is 0.817. The van der Waals surface area contributed by atoms with Crippen molar-refractivity contribution in [2.75, 3.05) is 39.3 Å². The number of halogens is 2. The van der Waals surface area contributed by atoms with Crippen LogP contribution in [0.5, 0.6) is 0 Å². The number of benzene rings is 1. The van der Waals surface area contributed by atoms with Gasteiger partial charge in [-0.1, -0.05) is 19.9 Å². The molecule has 1 amide bonds. The fourth-order valence-electron chi connectivity index (χ4n) is 4.00. The van der Waals surface area contributed by atoms with E-state index in [1.807, 2.05) is 18.7 Å². The van der Waals surface area contributed by atoms with Crippen molar-refractivity contribution in [1.82, 2.24) is 29.9 Å². The molecule has 1 atom stereocenters. The number of rotatable bonds is 4. The van der Waals surface area contributed by atoms with Crippen LogP contribution in [0.2, 0.25) is 0 Å². The van der Waals surface area contributed by atoms with Crippen LogP contribution in [0.15, 0.2) is 24.3 Å². The van der Waals surface area contributed by atoms with Gasteiger partial charge in [0.15, 0.2) is 0 Å². The summed E-state index contributed by atoms with van der Waals surface area (Å²) in [5.74, 6) is 0.425. The minimum absolute atomic E-state index is 0. The van der Waals surface area contributed by atoms with Gasteiger partial charge in [-0.05, 0) is 24.6 Å². The number of aromatic nitrogens is 3. The second kappa shape index (κ2) is 9.19. The molecule has 0 spiro atoms. The molecule has 2 fully saturated rings. The molecule has 0 aliphatic carbocycles. The highest BCUT2D eigenvalue weighted by atomic mass is 35.5. The van der Waals surface area contributed by atoms with Gasteiger partial charge in [0.25, 0.3) is 5.91 Å². The van der Waals surface area contributed by atoms with Crippen molar-refractivity contribution in [2.45, 2.75) is 32.2 Å². The van der Waals surface area contributed by atoms with Gasteiger partial charge in [-0.3, -0.25) is 9.69 Å². The summed E-state index contributed by atoms with van der Waals surface area (Å²) in [6.45, 7) is 9.47. The van der Waals surface area contributed by atoms with Crippen molar-refractivity contribution >= 4 is 18.3 Å². The van der Waals surface area contributed by atoms with E-state index in [9.17, 15) is 9.18 Å². The van der Waals surface area contributed by atoms with Crippen molar-refractivity contribution in [3.63, 3.8) is 0 Å². The molecule has 1 unspecified atom stereocenters. The van der Waals surface area contributed by atoms with Crippen LogP contribution in [0, 0.1) is 5.82 Å². The van der Waals surface area contributed by atoms with Crippen LogP contribution in [-0.2, 0) is 0 Å². The zero-order valence-electron chi connectivity index (χ0n) is 16.8. The molecule has 1 N–H and O–H groups in total. The third kappa shape index (κ3) is 4.60. The van der Waals surface area contributed by atoms with E-state index in [4.69, 9.17) is 0 Å². The first kappa shape index (κ1) is 21.7. The van der Waals surface area contributed by atoms with Crippen molar-refractivity contribution in [1.29, 1.82) is 0 Å². The summed E-state index contributed by atoms with van der Waals surface area (Å²) < 4.78 is 15.3. The molecule has 0 bridgehead atoms. The number of amides is 1. The maximum atomic E-state index is 13.7. The molecule has 7 nitrogen and oxygen atoms in total. The molecule has 29 heavy (non-hydrogen) atoms. The lowest BCUT2D eigenvalue weighted by molar-refractivity contribution is 0.0761. The number of likely N-dealkylation sites (tertiary alicyclic amines) is 1. The fourth-order valence-corrected chi connectivity index (χ4v) is 4.00. The van der Waals surface area contributed by atoms with Crippen molar-refractivity contribution in [3.05, 3.63) is 41.7 Å². The highest BCUT2D eigenvalue weighted by Crippen LogP contribution is 2.21. The first-order chi connectivity index (χ1) is 13.5. The van der Waals surface area contributed by atoms with E-state index in [2.05, 4.69) is 20.3 Å². The van der Waals surface area contributed by atoms with Gasteiger partial charge in [0, 0.05) is 51.2 Å². The molecule has 9 heteroatoms. The van der Waals surface area contributed by atoms with Gasteiger partial charge in [0.2, 0.25) is 5.82 Å². The van der Waals surface area contributed by atoms with Gasteiger partial charge in [0.1, 0.15) is 11.6 Å². The number of hydrogen-bond donors (Lipinski definition) is 1. The largest absolute Gasteiger partial charge is 0.334 e. The third-order valence-electron chi connectivity index (χ3n) is 5.51. The Hall–Kier alpha value is -2.03. The lowest BCUT2D eigenvalue weighted by Crippen LogP contribution is -2.49. The van der Waals surface area contributed by atoms with Gasteiger partial charge >= 0.3 is 0 Å². The highest BCUT2D eigenvalue weighted by Gasteiger charge is 2.33. The van der Waals surface area contributed by atoms with Crippen LogP contribution in [0.25, 0.3) is 5.69 Å². The fraction of sp³-hybridized carbons (Fsp3) is 0.550. The Kier molecular flexibility index (Phi) is 6.87. The first-order valence-corrected chi connectivity index (χ1v) is 10.00. The Morgan fingerprint density at radius 2 is 2.00 bits per heavy atom. The summed E-state index contributed by atoms with van der Waals surface area (Å²) >= 11 is 0. The molecule has 2 aromatic rings. The van der Waals surface area contributed by atoms with E-state index in [1.54, 1.807) is 16.8 Å². The molecule has 2 saturated heterocycles. The molecule has 1 aromatic heterocycles. The average molecular weight is 423 g/mol. The standard InChI is InChI=1S/C20H27FN6O.ClH/c1-14(2)19-23-18(24-27(19)16-5-3-4-15(21)12-16)20(28)26-9-6-17(13-26)25-10-7-22-8-11-25;/h3-5,12,14,17,22H,6-11,13H2,1-2H3;1H. The summed E-state index contributed by atoms with van der Waals surface area (Å²) in [4.78, 5) is 21.9. The Bertz CT molecular complexity index is 851. The monoisotopic (exact) mass is 422 g/mol. The van der Waals surface area contributed by atoms with Crippen molar-refractivity contribution < 1.29 is 9.18 Å². The topological polar surface area (TPSA) is 66.3 Å². The van der Waals surface area contributed by atoms with E-state index in [-0.39, 0.29) is 35.9 Å². The summed E-state index contributed by atoms with van der Waals surface area (Å²) in [6, 6.07) is 6.61. The van der Waals surface area contributed by atoms with E-state index < -0.39 is 0 Å². The van der Waals surface area contributed by atoms with Gasteiger partial charge < -0.3 is 10.2 Å². The van der Waals surface area contributed by atoms with E-state index in [0.717, 1.165) is 39.1 Å². The van der Waals surface area contributed by atoms with Crippen LogP contribution in [0.3, 0.4) is 0 Å². The van der Waals surface area contributed by atoms with Crippen LogP contribution < -0.4 is 5.32 Å². The number of nitrogens with zero attached hydrogens (tertiary/aromatic N) is 5. The average Bonchev–Trinajstić information content (AvgIpc) is 3.36. The molecule has 3 heterocycles. The number of piperazine rings is 1. The maximum Gasteiger partial charge on any atom is 0.293 e. The number of nitrogens with one attached hydrogen (secondary N) is 1. The Morgan fingerprint density at radius 3 is 2.69 bits per heavy atom. The van der Waals surface area contributed by atoms with Crippen molar-refractivity contribution in [3.8, 4) is 5.69 Å². The second-order valence-corrected chi connectivity index (χ2v) is 7.82. The normalized spacial score (nSPS) is 20.1. The summed E-state index contributed by atoms with van der Waals surface area (Å²) in [7, 11) is 0. The summed E-state index contributed by atoms with van der Waals surface area (Å²) in [6.07, 6.45) is 0.980. The van der Waals surface area contributed by atoms with Crippen LogP contribution in [-0.4, -0.2) is 75.8 Å². The van der Waals surface area contributed by atoms with Crippen LogP contribution in [0.1, 0.15) is 42.6 Å². The van der Waals surface area contributed by atoms with Gasteiger partial charge in [-0.15, -0.1) is 17.5 Å². The number of hydrogen-bond acceptors (Lipinski definition) is 5. The molecular formula is C20H28ClFN6O. The molecular weight excluding hydrogens is 395 g/mol. The van der Waals surface area contributed by atoms with E-state index in [1.165, 1.54) is 12.1 Å². The van der Waals surface area contributed by atoms with Crippen LogP contribution >= 0.6 is 12.4 Å². The minimum Gasteiger partial charge on any atom is -0.334 e. The zero-order valence-corrected chi connectivity index (χ0v) is 17.7. The summed E-state index contributed by atoms with van der Waals surface area (Å²) in [5.41, 5.74) is 0.579.